The van der Waals surface area contributed by atoms with Crippen LogP contribution in [0.2, 0.25) is 0 Å². The summed E-state index contributed by atoms with van der Waals surface area (Å²) in [6.07, 6.45) is 0.264. The summed E-state index contributed by atoms with van der Waals surface area (Å²) in [4.78, 5) is 11.2. The zero-order valence-corrected chi connectivity index (χ0v) is 9.28. The van der Waals surface area contributed by atoms with Crippen molar-refractivity contribution in [1.29, 1.82) is 0 Å². The molecule has 3 heteroatoms. The molecule has 0 fully saturated rings. The lowest BCUT2D eigenvalue weighted by atomic mass is 9.96. The number of carbonyl (C=O) groups excluding carboxylic acids is 1. The molecule has 3 nitrogen and oxygen atoms in total. The summed E-state index contributed by atoms with van der Waals surface area (Å²) in [6, 6.07) is 7.69. The van der Waals surface area contributed by atoms with Gasteiger partial charge >= 0.3 is 5.97 Å². The predicted molar refractivity (Wildman–Crippen MR) is 57.5 cm³/mol. The lowest BCUT2D eigenvalue weighted by Gasteiger charge is -2.20. The Hall–Kier alpha value is -1.35. The first-order valence-corrected chi connectivity index (χ1v) is 4.82. The molecule has 1 aromatic carbocycles. The molecule has 0 aliphatic heterocycles. The topological polar surface area (TPSA) is 46.5 Å². The first kappa shape index (κ1) is 11.7. The molecule has 82 valence electrons. The molecule has 0 aromatic heterocycles. The van der Waals surface area contributed by atoms with Gasteiger partial charge in [0, 0.05) is 6.42 Å². The highest BCUT2D eigenvalue weighted by Gasteiger charge is 2.31. The summed E-state index contributed by atoms with van der Waals surface area (Å²) >= 11 is 0. The number of carbonyl (C=O) groups is 1. The molecule has 0 aliphatic carbocycles. The van der Waals surface area contributed by atoms with Gasteiger partial charge in [0.15, 0.2) is 5.60 Å². The van der Waals surface area contributed by atoms with Gasteiger partial charge in [-0.2, -0.15) is 0 Å². The van der Waals surface area contributed by atoms with Gasteiger partial charge in [0.25, 0.3) is 0 Å². The average molecular weight is 208 g/mol. The van der Waals surface area contributed by atoms with Gasteiger partial charge in [0.1, 0.15) is 0 Å². The molecule has 0 heterocycles. The van der Waals surface area contributed by atoms with Crippen LogP contribution in [0.5, 0.6) is 0 Å². The van der Waals surface area contributed by atoms with Gasteiger partial charge in [-0.15, -0.1) is 0 Å². The van der Waals surface area contributed by atoms with Crippen molar-refractivity contribution in [1.82, 2.24) is 0 Å². The van der Waals surface area contributed by atoms with Crippen molar-refractivity contribution < 1.29 is 14.6 Å². The van der Waals surface area contributed by atoms with E-state index in [1.54, 1.807) is 0 Å². The van der Waals surface area contributed by atoms with Crippen LogP contribution < -0.4 is 0 Å². The predicted octanol–water partition coefficient (Wildman–Crippen LogP) is 1.46. The minimum absolute atomic E-state index is 0.264. The Morgan fingerprint density at radius 1 is 1.40 bits per heavy atom. The van der Waals surface area contributed by atoms with Crippen LogP contribution in [-0.4, -0.2) is 23.8 Å². The van der Waals surface area contributed by atoms with E-state index in [-0.39, 0.29) is 6.42 Å². The highest BCUT2D eigenvalue weighted by molar-refractivity contribution is 5.79. The van der Waals surface area contributed by atoms with E-state index < -0.39 is 11.6 Å². The average Bonchev–Trinajstić information content (AvgIpc) is 2.20. The highest BCUT2D eigenvalue weighted by atomic mass is 16.5. The molecule has 1 unspecified atom stereocenters. The Morgan fingerprint density at radius 2 is 1.93 bits per heavy atom. The molecule has 0 saturated carbocycles. The summed E-state index contributed by atoms with van der Waals surface area (Å²) in [6.45, 7) is 3.45. The number of esters is 1. The maximum absolute atomic E-state index is 11.2. The Kier molecular flexibility index (Phi) is 3.48. The van der Waals surface area contributed by atoms with E-state index in [4.69, 9.17) is 0 Å². The fraction of sp³-hybridized carbons (Fsp3) is 0.417. The van der Waals surface area contributed by atoms with Crippen LogP contribution in [0.15, 0.2) is 24.3 Å². The number of ether oxygens (including phenoxy) is 1. The van der Waals surface area contributed by atoms with Crippen molar-refractivity contribution >= 4 is 5.97 Å². The SMILES string of the molecule is COC(=O)C(C)(O)Cc1ccc(C)cc1. The van der Waals surface area contributed by atoms with Crippen molar-refractivity contribution in [2.24, 2.45) is 0 Å². The fourth-order valence-corrected chi connectivity index (χ4v) is 1.40. The second-order valence-electron chi connectivity index (χ2n) is 3.93. The lowest BCUT2D eigenvalue weighted by molar-refractivity contribution is -0.160. The smallest absolute Gasteiger partial charge is 0.337 e. The van der Waals surface area contributed by atoms with Crippen LogP contribution in [-0.2, 0) is 16.0 Å². The zero-order valence-electron chi connectivity index (χ0n) is 9.28. The standard InChI is InChI=1S/C12H16O3/c1-9-4-6-10(7-5-9)8-12(2,14)11(13)15-3/h4-7,14H,8H2,1-3H3. The molecule has 0 saturated heterocycles. The van der Waals surface area contributed by atoms with Crippen molar-refractivity contribution in [2.75, 3.05) is 7.11 Å². The van der Waals surface area contributed by atoms with Gasteiger partial charge in [0.2, 0.25) is 0 Å². The third kappa shape index (κ3) is 3.06. The van der Waals surface area contributed by atoms with Crippen molar-refractivity contribution in [3.05, 3.63) is 35.4 Å². The van der Waals surface area contributed by atoms with Gasteiger partial charge in [0.05, 0.1) is 7.11 Å². The van der Waals surface area contributed by atoms with Crippen LogP contribution in [0.1, 0.15) is 18.1 Å². The molecule has 1 N–H and O–H groups in total. The minimum Gasteiger partial charge on any atom is -0.467 e. The number of rotatable bonds is 3. The Balaban J connectivity index is 2.77. The van der Waals surface area contributed by atoms with Crippen LogP contribution in [0.3, 0.4) is 0 Å². The van der Waals surface area contributed by atoms with Crippen molar-refractivity contribution in [3.63, 3.8) is 0 Å². The van der Waals surface area contributed by atoms with Gasteiger partial charge in [-0.1, -0.05) is 29.8 Å². The maximum Gasteiger partial charge on any atom is 0.337 e. The third-order valence-corrected chi connectivity index (χ3v) is 2.29. The monoisotopic (exact) mass is 208 g/mol. The lowest BCUT2D eigenvalue weighted by Crippen LogP contribution is -2.38. The van der Waals surface area contributed by atoms with Gasteiger partial charge in [-0.05, 0) is 19.4 Å². The molecular formula is C12H16O3. The van der Waals surface area contributed by atoms with E-state index in [9.17, 15) is 9.90 Å². The first-order chi connectivity index (χ1) is 6.95. The molecule has 15 heavy (non-hydrogen) atoms. The van der Waals surface area contributed by atoms with Gasteiger partial charge in [-0.3, -0.25) is 0 Å². The van der Waals surface area contributed by atoms with Crippen molar-refractivity contribution in [3.8, 4) is 0 Å². The molecule has 1 aromatic rings. The van der Waals surface area contributed by atoms with Crippen LogP contribution in [0.25, 0.3) is 0 Å². The minimum atomic E-state index is -1.45. The summed E-state index contributed by atoms with van der Waals surface area (Å²) in [7, 11) is 1.27. The quantitative estimate of drug-likeness (QED) is 0.765. The third-order valence-electron chi connectivity index (χ3n) is 2.29. The maximum atomic E-state index is 11.2. The van der Waals surface area contributed by atoms with Crippen LogP contribution in [0.4, 0.5) is 0 Å². The Labute approximate surface area is 89.7 Å². The Bertz CT molecular complexity index is 338. The number of methoxy groups -OCH3 is 1. The number of aryl methyl sites for hydroxylation is 1. The molecule has 0 bridgehead atoms. The van der Waals surface area contributed by atoms with Crippen LogP contribution >= 0.6 is 0 Å². The van der Waals surface area contributed by atoms with E-state index in [2.05, 4.69) is 4.74 Å². The van der Waals surface area contributed by atoms with Gasteiger partial charge < -0.3 is 9.84 Å². The van der Waals surface area contributed by atoms with E-state index >= 15 is 0 Å². The Morgan fingerprint density at radius 3 is 2.40 bits per heavy atom. The van der Waals surface area contributed by atoms with Crippen LogP contribution in [0, 0.1) is 6.92 Å². The largest absolute Gasteiger partial charge is 0.467 e. The van der Waals surface area contributed by atoms with E-state index in [1.165, 1.54) is 14.0 Å². The summed E-state index contributed by atoms with van der Waals surface area (Å²) in [5, 5.41) is 9.83. The fourth-order valence-electron chi connectivity index (χ4n) is 1.40. The van der Waals surface area contributed by atoms with E-state index in [1.807, 2.05) is 31.2 Å². The number of hydrogen-bond acceptors (Lipinski definition) is 3. The molecular weight excluding hydrogens is 192 g/mol. The summed E-state index contributed by atoms with van der Waals surface area (Å²) < 4.78 is 4.52. The first-order valence-electron chi connectivity index (χ1n) is 4.82. The summed E-state index contributed by atoms with van der Waals surface area (Å²) in [5.41, 5.74) is 0.608. The van der Waals surface area contributed by atoms with Crippen molar-refractivity contribution in [2.45, 2.75) is 25.9 Å². The molecule has 0 amide bonds. The zero-order chi connectivity index (χ0) is 11.5. The number of benzene rings is 1. The second-order valence-corrected chi connectivity index (χ2v) is 3.93. The molecule has 0 aliphatic rings. The van der Waals surface area contributed by atoms with E-state index in [0.717, 1.165) is 11.1 Å². The molecule has 0 radical (unpaired) electrons. The molecule has 1 rings (SSSR count). The second kappa shape index (κ2) is 4.45. The molecule has 0 spiro atoms. The molecule has 1 atom stereocenters. The van der Waals surface area contributed by atoms with Gasteiger partial charge in [-0.25, -0.2) is 4.79 Å². The summed E-state index contributed by atoms with van der Waals surface area (Å²) in [5.74, 6) is -0.608. The number of aliphatic hydroxyl groups is 1. The van der Waals surface area contributed by atoms with E-state index in [0.29, 0.717) is 0 Å². The highest BCUT2D eigenvalue weighted by Crippen LogP contribution is 2.15. The normalized spacial score (nSPS) is 14.4. The number of hydrogen-bond donors (Lipinski definition) is 1.